The van der Waals surface area contributed by atoms with Gasteiger partial charge in [0.05, 0.1) is 19.1 Å². The quantitative estimate of drug-likeness (QED) is 0.887. The molecule has 6 heteroatoms. The predicted molar refractivity (Wildman–Crippen MR) is 92.9 cm³/mol. The number of aryl methyl sites for hydroxylation is 1. The molecule has 0 saturated carbocycles. The summed E-state index contributed by atoms with van der Waals surface area (Å²) in [6, 6.07) is 7.91. The van der Waals surface area contributed by atoms with Gasteiger partial charge in [-0.15, -0.1) is 0 Å². The monoisotopic (exact) mass is 333 g/mol. The molecular weight excluding hydrogens is 306 g/mol. The summed E-state index contributed by atoms with van der Waals surface area (Å²) >= 11 is 0. The van der Waals surface area contributed by atoms with Gasteiger partial charge in [-0.1, -0.05) is 29.8 Å². The SMILES string of the molecule is COCC(C)NC(=O)N1CCN(C(=O)Cc2ccc(C)cc2)CC1. The minimum absolute atomic E-state index is 0.0244. The molecule has 132 valence electrons. The minimum Gasteiger partial charge on any atom is -0.383 e. The second-order valence-corrected chi connectivity index (χ2v) is 6.34. The van der Waals surface area contributed by atoms with Crippen molar-refractivity contribution in [2.75, 3.05) is 39.9 Å². The molecule has 24 heavy (non-hydrogen) atoms. The van der Waals surface area contributed by atoms with Crippen LogP contribution >= 0.6 is 0 Å². The van der Waals surface area contributed by atoms with Crippen molar-refractivity contribution in [2.45, 2.75) is 26.3 Å². The number of ether oxygens (including phenoxy) is 1. The first-order chi connectivity index (χ1) is 11.5. The summed E-state index contributed by atoms with van der Waals surface area (Å²) in [5.41, 5.74) is 2.22. The Balaban J connectivity index is 1.78. The molecule has 0 spiro atoms. The van der Waals surface area contributed by atoms with E-state index in [1.807, 2.05) is 43.0 Å². The molecule has 1 aliphatic heterocycles. The molecule has 0 aromatic heterocycles. The van der Waals surface area contributed by atoms with Crippen molar-refractivity contribution in [2.24, 2.45) is 0 Å². The first-order valence-electron chi connectivity index (χ1n) is 8.37. The first-order valence-corrected chi connectivity index (χ1v) is 8.37. The van der Waals surface area contributed by atoms with Crippen LogP contribution in [-0.2, 0) is 16.0 Å². The summed E-state index contributed by atoms with van der Waals surface area (Å²) in [6.07, 6.45) is 0.414. The molecule has 1 aromatic rings. The van der Waals surface area contributed by atoms with Gasteiger partial charge in [-0.05, 0) is 19.4 Å². The van der Waals surface area contributed by atoms with Crippen molar-refractivity contribution in [1.82, 2.24) is 15.1 Å². The Morgan fingerprint density at radius 2 is 1.71 bits per heavy atom. The number of piperazine rings is 1. The second-order valence-electron chi connectivity index (χ2n) is 6.34. The van der Waals surface area contributed by atoms with E-state index in [9.17, 15) is 9.59 Å². The summed E-state index contributed by atoms with van der Waals surface area (Å²) in [5, 5.41) is 2.90. The van der Waals surface area contributed by atoms with E-state index in [-0.39, 0.29) is 18.0 Å². The zero-order valence-electron chi connectivity index (χ0n) is 14.7. The highest BCUT2D eigenvalue weighted by atomic mass is 16.5. The van der Waals surface area contributed by atoms with Crippen molar-refractivity contribution in [3.63, 3.8) is 0 Å². The summed E-state index contributed by atoms with van der Waals surface area (Å²) in [4.78, 5) is 28.1. The van der Waals surface area contributed by atoms with E-state index in [0.29, 0.717) is 39.2 Å². The first kappa shape index (κ1) is 18.3. The number of carbonyl (C=O) groups excluding carboxylic acids is 2. The Bertz CT molecular complexity index is 551. The van der Waals surface area contributed by atoms with E-state index >= 15 is 0 Å². The number of rotatable bonds is 5. The Morgan fingerprint density at radius 1 is 1.12 bits per heavy atom. The third-order valence-corrected chi connectivity index (χ3v) is 4.18. The van der Waals surface area contributed by atoms with Gasteiger partial charge in [0.25, 0.3) is 0 Å². The number of amides is 3. The number of urea groups is 1. The van der Waals surface area contributed by atoms with Crippen LogP contribution in [0.3, 0.4) is 0 Å². The standard InChI is InChI=1S/C18H27N3O3/c1-14-4-6-16(7-5-14)12-17(22)20-8-10-21(11-9-20)18(23)19-15(2)13-24-3/h4-7,15H,8-13H2,1-3H3,(H,19,23). The third kappa shape index (κ3) is 5.23. The van der Waals surface area contributed by atoms with Crippen molar-refractivity contribution >= 4 is 11.9 Å². The number of benzene rings is 1. The third-order valence-electron chi connectivity index (χ3n) is 4.18. The molecule has 0 aliphatic carbocycles. The van der Waals surface area contributed by atoms with Crippen molar-refractivity contribution in [3.8, 4) is 0 Å². The largest absolute Gasteiger partial charge is 0.383 e. The van der Waals surface area contributed by atoms with E-state index in [2.05, 4.69) is 5.32 Å². The number of hydrogen-bond acceptors (Lipinski definition) is 3. The van der Waals surface area contributed by atoms with E-state index in [1.165, 1.54) is 5.56 Å². The average molecular weight is 333 g/mol. The lowest BCUT2D eigenvalue weighted by Gasteiger charge is -2.35. The number of nitrogens with one attached hydrogen (secondary N) is 1. The van der Waals surface area contributed by atoms with Gasteiger partial charge in [0.2, 0.25) is 5.91 Å². The molecule has 0 radical (unpaired) electrons. The maximum atomic E-state index is 12.4. The molecule has 6 nitrogen and oxygen atoms in total. The van der Waals surface area contributed by atoms with Crippen LogP contribution in [0.25, 0.3) is 0 Å². The second kappa shape index (κ2) is 8.68. The molecule has 1 unspecified atom stereocenters. The minimum atomic E-state index is -0.0924. The maximum Gasteiger partial charge on any atom is 0.317 e. The fourth-order valence-corrected chi connectivity index (χ4v) is 2.75. The van der Waals surface area contributed by atoms with Crippen molar-refractivity contribution in [3.05, 3.63) is 35.4 Å². The lowest BCUT2D eigenvalue weighted by Crippen LogP contribution is -2.54. The Morgan fingerprint density at radius 3 is 2.29 bits per heavy atom. The van der Waals surface area contributed by atoms with Crippen LogP contribution in [0.15, 0.2) is 24.3 Å². The van der Waals surface area contributed by atoms with Gasteiger partial charge in [0, 0.05) is 33.3 Å². The highest BCUT2D eigenvalue weighted by Crippen LogP contribution is 2.09. The highest BCUT2D eigenvalue weighted by molar-refractivity contribution is 5.79. The van der Waals surface area contributed by atoms with Gasteiger partial charge in [-0.2, -0.15) is 0 Å². The molecule has 1 heterocycles. The van der Waals surface area contributed by atoms with Crippen LogP contribution < -0.4 is 5.32 Å². The topological polar surface area (TPSA) is 61.9 Å². The smallest absolute Gasteiger partial charge is 0.317 e. The average Bonchev–Trinajstić information content (AvgIpc) is 2.57. The van der Waals surface area contributed by atoms with Crippen molar-refractivity contribution in [1.29, 1.82) is 0 Å². The van der Waals surface area contributed by atoms with Crippen LogP contribution in [0.4, 0.5) is 4.79 Å². The summed E-state index contributed by atoms with van der Waals surface area (Å²) in [6.45, 7) is 6.71. The lowest BCUT2D eigenvalue weighted by molar-refractivity contribution is -0.131. The molecule has 1 fully saturated rings. The molecule has 1 atom stereocenters. The van der Waals surface area contributed by atoms with Gasteiger partial charge < -0.3 is 19.9 Å². The molecule has 1 aliphatic rings. The van der Waals surface area contributed by atoms with Gasteiger partial charge >= 0.3 is 6.03 Å². The maximum absolute atomic E-state index is 12.4. The van der Waals surface area contributed by atoms with Gasteiger partial charge in [-0.3, -0.25) is 4.79 Å². The Hall–Kier alpha value is -2.08. The number of nitrogens with zero attached hydrogens (tertiary/aromatic N) is 2. The van der Waals surface area contributed by atoms with E-state index < -0.39 is 0 Å². The molecule has 3 amide bonds. The molecule has 1 N–H and O–H groups in total. The normalized spacial score (nSPS) is 16.0. The van der Waals surface area contributed by atoms with Crippen LogP contribution in [0.2, 0.25) is 0 Å². The van der Waals surface area contributed by atoms with Gasteiger partial charge in [-0.25, -0.2) is 4.79 Å². The molecule has 2 rings (SSSR count). The fourth-order valence-electron chi connectivity index (χ4n) is 2.75. The van der Waals surface area contributed by atoms with Gasteiger partial charge in [0.15, 0.2) is 0 Å². The van der Waals surface area contributed by atoms with Crippen LogP contribution in [0.1, 0.15) is 18.1 Å². The zero-order valence-corrected chi connectivity index (χ0v) is 14.7. The van der Waals surface area contributed by atoms with E-state index in [1.54, 1.807) is 12.0 Å². The van der Waals surface area contributed by atoms with Crippen molar-refractivity contribution < 1.29 is 14.3 Å². The number of hydrogen-bond donors (Lipinski definition) is 1. The van der Waals surface area contributed by atoms with E-state index in [4.69, 9.17) is 4.74 Å². The van der Waals surface area contributed by atoms with Crippen LogP contribution in [0.5, 0.6) is 0 Å². The Kier molecular flexibility index (Phi) is 6.61. The summed E-state index contributed by atoms with van der Waals surface area (Å²) in [7, 11) is 1.61. The predicted octanol–water partition coefficient (Wildman–Crippen LogP) is 1.43. The molecule has 1 saturated heterocycles. The summed E-state index contributed by atoms with van der Waals surface area (Å²) < 4.78 is 5.02. The number of carbonyl (C=O) groups is 2. The lowest BCUT2D eigenvalue weighted by atomic mass is 10.1. The molecule has 0 bridgehead atoms. The van der Waals surface area contributed by atoms with Crippen LogP contribution in [0, 0.1) is 6.92 Å². The number of methoxy groups -OCH3 is 1. The molecule has 1 aromatic carbocycles. The van der Waals surface area contributed by atoms with E-state index in [0.717, 1.165) is 5.56 Å². The highest BCUT2D eigenvalue weighted by Gasteiger charge is 2.24. The fraction of sp³-hybridized carbons (Fsp3) is 0.556. The van der Waals surface area contributed by atoms with Gasteiger partial charge in [0.1, 0.15) is 0 Å². The summed E-state index contributed by atoms with van der Waals surface area (Å²) in [5.74, 6) is 0.117. The van der Waals surface area contributed by atoms with Crippen LogP contribution in [-0.4, -0.2) is 67.7 Å². The Labute approximate surface area is 143 Å². The molecular formula is C18H27N3O3. The zero-order chi connectivity index (χ0) is 17.5.